The lowest BCUT2D eigenvalue weighted by molar-refractivity contribution is -0.135. The number of rotatable bonds is 4. The van der Waals surface area contributed by atoms with Crippen molar-refractivity contribution in [2.24, 2.45) is 0 Å². The van der Waals surface area contributed by atoms with Crippen molar-refractivity contribution in [1.82, 2.24) is 4.90 Å². The molecular weight excluding hydrogens is 420 g/mol. The van der Waals surface area contributed by atoms with Crippen molar-refractivity contribution in [3.63, 3.8) is 0 Å². The molecule has 0 bridgehead atoms. The van der Waals surface area contributed by atoms with Gasteiger partial charge in [0.05, 0.1) is 26.2 Å². The van der Waals surface area contributed by atoms with E-state index in [4.69, 9.17) is 9.47 Å². The van der Waals surface area contributed by atoms with Crippen LogP contribution >= 0.6 is 15.9 Å². The quantitative estimate of drug-likeness (QED) is 0.718. The molecule has 2 aromatic rings. The predicted octanol–water partition coefficient (Wildman–Crippen LogP) is 3.81. The van der Waals surface area contributed by atoms with Crippen molar-refractivity contribution in [2.75, 3.05) is 44.8 Å². The molecule has 2 aliphatic rings. The van der Waals surface area contributed by atoms with E-state index in [1.165, 1.54) is 11.3 Å². The molecule has 1 fully saturated rings. The third-order valence-corrected chi connectivity index (χ3v) is 6.35. The average molecular weight is 445 g/mol. The molecule has 2 aliphatic heterocycles. The first-order chi connectivity index (χ1) is 13.7. The Balaban J connectivity index is 1.35. The van der Waals surface area contributed by atoms with Crippen molar-refractivity contribution in [2.45, 2.75) is 18.9 Å². The summed E-state index contributed by atoms with van der Waals surface area (Å²) in [5.74, 6) is 1.03. The van der Waals surface area contributed by atoms with Crippen LogP contribution in [0.5, 0.6) is 5.75 Å². The van der Waals surface area contributed by atoms with Gasteiger partial charge in [-0.15, -0.1) is 0 Å². The van der Waals surface area contributed by atoms with Gasteiger partial charge in [-0.1, -0.05) is 28.1 Å². The molecule has 2 aromatic carbocycles. The summed E-state index contributed by atoms with van der Waals surface area (Å²) >= 11 is 3.63. The maximum atomic E-state index is 12.9. The maximum absolute atomic E-state index is 12.9. The van der Waals surface area contributed by atoms with Crippen molar-refractivity contribution < 1.29 is 14.3 Å². The van der Waals surface area contributed by atoms with Gasteiger partial charge in [0.25, 0.3) is 0 Å². The monoisotopic (exact) mass is 444 g/mol. The van der Waals surface area contributed by atoms with Crippen LogP contribution in [-0.4, -0.2) is 50.7 Å². The van der Waals surface area contributed by atoms with Crippen LogP contribution in [0.4, 0.5) is 5.69 Å². The lowest BCUT2D eigenvalue weighted by Crippen LogP contribution is -2.49. The molecule has 0 spiro atoms. The highest BCUT2D eigenvalue weighted by molar-refractivity contribution is 9.10. The van der Waals surface area contributed by atoms with Crippen LogP contribution in [0.3, 0.4) is 0 Å². The number of amides is 1. The number of piperazine rings is 1. The summed E-state index contributed by atoms with van der Waals surface area (Å²) in [4.78, 5) is 17.2. The van der Waals surface area contributed by atoms with Gasteiger partial charge in [-0.05, 0) is 47.9 Å². The number of anilines is 1. The minimum atomic E-state index is -0.145. The fourth-order valence-corrected chi connectivity index (χ4v) is 4.58. The molecule has 1 atom stereocenters. The molecule has 0 N–H and O–H groups in total. The minimum absolute atomic E-state index is 0.145. The van der Waals surface area contributed by atoms with Gasteiger partial charge in [-0.25, -0.2) is 0 Å². The van der Waals surface area contributed by atoms with Gasteiger partial charge in [0.15, 0.2) is 0 Å². The minimum Gasteiger partial charge on any atom is -0.497 e. The van der Waals surface area contributed by atoms with E-state index in [-0.39, 0.29) is 12.0 Å². The van der Waals surface area contributed by atoms with Gasteiger partial charge in [0.1, 0.15) is 5.75 Å². The highest BCUT2D eigenvalue weighted by Crippen LogP contribution is 2.34. The summed E-state index contributed by atoms with van der Waals surface area (Å²) in [6, 6.07) is 14.2. The standard InChI is InChI=1S/C22H25BrN2O3/c1-27-17-7-5-16(6-8-17)24-10-12-25(13-11-24)22(26)15-21-19-3-2-4-20(23)18(19)9-14-28-21/h2-8,21H,9-15H2,1H3. The molecular formula is C22H25BrN2O3. The molecule has 1 unspecified atom stereocenters. The summed E-state index contributed by atoms with van der Waals surface area (Å²) in [7, 11) is 1.67. The summed E-state index contributed by atoms with van der Waals surface area (Å²) in [6.45, 7) is 3.82. The molecule has 28 heavy (non-hydrogen) atoms. The van der Waals surface area contributed by atoms with Crippen LogP contribution in [0.15, 0.2) is 46.9 Å². The number of methoxy groups -OCH3 is 1. The summed E-state index contributed by atoms with van der Waals surface area (Å²) in [6.07, 6.45) is 1.15. The summed E-state index contributed by atoms with van der Waals surface area (Å²) in [5.41, 5.74) is 3.59. The fourth-order valence-electron chi connectivity index (χ4n) is 4.00. The second-order valence-corrected chi connectivity index (χ2v) is 8.04. The number of ether oxygens (including phenoxy) is 2. The number of benzene rings is 2. The molecule has 1 amide bonds. The van der Waals surface area contributed by atoms with E-state index in [1.807, 2.05) is 23.1 Å². The normalized spacial score (nSPS) is 19.3. The van der Waals surface area contributed by atoms with Crippen molar-refractivity contribution in [3.8, 4) is 5.75 Å². The summed E-state index contributed by atoms with van der Waals surface area (Å²) < 4.78 is 12.3. The number of hydrogen-bond donors (Lipinski definition) is 0. The van der Waals surface area contributed by atoms with Crippen LogP contribution in [0.25, 0.3) is 0 Å². The van der Waals surface area contributed by atoms with E-state index < -0.39 is 0 Å². The molecule has 2 heterocycles. The molecule has 1 saturated heterocycles. The van der Waals surface area contributed by atoms with E-state index in [9.17, 15) is 4.79 Å². The van der Waals surface area contributed by atoms with Crippen molar-refractivity contribution in [3.05, 3.63) is 58.1 Å². The number of halogens is 1. The van der Waals surface area contributed by atoms with Crippen LogP contribution < -0.4 is 9.64 Å². The zero-order valence-electron chi connectivity index (χ0n) is 16.1. The third kappa shape index (κ3) is 4.03. The Hall–Kier alpha value is -2.05. The number of nitrogens with zero attached hydrogens (tertiary/aromatic N) is 2. The number of carbonyl (C=O) groups excluding carboxylic acids is 1. The van der Waals surface area contributed by atoms with E-state index in [0.29, 0.717) is 13.0 Å². The lowest BCUT2D eigenvalue weighted by Gasteiger charge is -2.37. The van der Waals surface area contributed by atoms with Gasteiger partial charge in [0.2, 0.25) is 5.91 Å². The first kappa shape index (κ1) is 19.3. The second kappa shape index (κ2) is 8.53. The van der Waals surface area contributed by atoms with Gasteiger partial charge in [-0.2, -0.15) is 0 Å². The topological polar surface area (TPSA) is 42.0 Å². The van der Waals surface area contributed by atoms with Gasteiger partial charge in [0, 0.05) is 36.3 Å². The zero-order chi connectivity index (χ0) is 19.5. The Bertz CT molecular complexity index is 832. The van der Waals surface area contributed by atoms with E-state index >= 15 is 0 Å². The molecule has 0 saturated carbocycles. The fraction of sp³-hybridized carbons (Fsp3) is 0.409. The van der Waals surface area contributed by atoms with Gasteiger partial charge < -0.3 is 19.3 Å². The van der Waals surface area contributed by atoms with Crippen LogP contribution in [0, 0.1) is 0 Å². The molecule has 0 aliphatic carbocycles. The molecule has 0 radical (unpaired) electrons. The predicted molar refractivity (Wildman–Crippen MR) is 113 cm³/mol. The van der Waals surface area contributed by atoms with Crippen molar-refractivity contribution in [1.29, 1.82) is 0 Å². The Morgan fingerprint density at radius 2 is 1.89 bits per heavy atom. The maximum Gasteiger partial charge on any atom is 0.225 e. The molecule has 5 nitrogen and oxygen atoms in total. The summed E-state index contributed by atoms with van der Waals surface area (Å²) in [5, 5.41) is 0. The highest BCUT2D eigenvalue weighted by Gasteiger charge is 2.28. The Kier molecular flexibility index (Phi) is 5.87. The van der Waals surface area contributed by atoms with E-state index in [0.717, 1.165) is 48.4 Å². The van der Waals surface area contributed by atoms with Gasteiger partial charge in [-0.3, -0.25) is 4.79 Å². The number of carbonyl (C=O) groups is 1. The Morgan fingerprint density at radius 1 is 1.14 bits per heavy atom. The van der Waals surface area contributed by atoms with Crippen LogP contribution in [-0.2, 0) is 16.0 Å². The van der Waals surface area contributed by atoms with Crippen LogP contribution in [0.1, 0.15) is 23.7 Å². The first-order valence-corrected chi connectivity index (χ1v) is 10.5. The molecule has 148 valence electrons. The Morgan fingerprint density at radius 3 is 2.61 bits per heavy atom. The SMILES string of the molecule is COc1ccc(N2CCN(C(=O)CC3OCCc4c(Br)cccc43)CC2)cc1. The zero-order valence-corrected chi connectivity index (χ0v) is 17.7. The molecule has 6 heteroatoms. The molecule has 4 rings (SSSR count). The number of fused-ring (bicyclic) bond motifs is 1. The van der Waals surface area contributed by atoms with Crippen LogP contribution in [0.2, 0.25) is 0 Å². The smallest absolute Gasteiger partial charge is 0.225 e. The highest BCUT2D eigenvalue weighted by atomic mass is 79.9. The van der Waals surface area contributed by atoms with E-state index in [1.54, 1.807) is 7.11 Å². The molecule has 0 aromatic heterocycles. The average Bonchev–Trinajstić information content (AvgIpc) is 2.75. The number of hydrogen-bond acceptors (Lipinski definition) is 4. The Labute approximate surface area is 174 Å². The van der Waals surface area contributed by atoms with Gasteiger partial charge >= 0.3 is 0 Å². The lowest BCUT2D eigenvalue weighted by atomic mass is 9.95. The van der Waals surface area contributed by atoms with E-state index in [2.05, 4.69) is 45.1 Å². The third-order valence-electron chi connectivity index (χ3n) is 5.60. The second-order valence-electron chi connectivity index (χ2n) is 7.19. The van der Waals surface area contributed by atoms with Crippen molar-refractivity contribution >= 4 is 27.5 Å². The first-order valence-electron chi connectivity index (χ1n) is 9.71. The largest absolute Gasteiger partial charge is 0.497 e.